The summed E-state index contributed by atoms with van der Waals surface area (Å²) in [5.74, 6) is 0.839. The number of likely N-dealkylation sites (N-methyl/N-ethyl adjacent to an activating group) is 1. The van der Waals surface area contributed by atoms with Crippen molar-refractivity contribution in [1.29, 1.82) is 0 Å². The predicted molar refractivity (Wildman–Crippen MR) is 79.0 cm³/mol. The van der Waals surface area contributed by atoms with E-state index in [9.17, 15) is 9.59 Å². The molecule has 0 spiro atoms. The number of amides is 2. The molecule has 0 bridgehead atoms. The third kappa shape index (κ3) is 3.14. The van der Waals surface area contributed by atoms with Crippen LogP contribution in [-0.4, -0.2) is 68.2 Å². The molecule has 7 nitrogen and oxygen atoms in total. The van der Waals surface area contributed by atoms with Gasteiger partial charge in [0.25, 0.3) is 5.91 Å². The molecule has 1 aromatic carbocycles. The lowest BCUT2D eigenvalue weighted by molar-refractivity contribution is -0.131. The Bertz CT molecular complexity index is 582. The Labute approximate surface area is 128 Å². The smallest absolute Gasteiger partial charge is 0.251 e. The summed E-state index contributed by atoms with van der Waals surface area (Å²) >= 11 is 0. The van der Waals surface area contributed by atoms with Crippen molar-refractivity contribution < 1.29 is 19.1 Å². The first kappa shape index (κ1) is 14.6. The minimum absolute atomic E-state index is 0.0109. The van der Waals surface area contributed by atoms with Crippen LogP contribution in [0.1, 0.15) is 10.4 Å². The van der Waals surface area contributed by atoms with Gasteiger partial charge in [0.15, 0.2) is 11.5 Å². The number of benzene rings is 1. The van der Waals surface area contributed by atoms with Gasteiger partial charge in [-0.25, -0.2) is 0 Å². The monoisotopic (exact) mass is 305 g/mol. The van der Waals surface area contributed by atoms with Crippen LogP contribution in [0.4, 0.5) is 0 Å². The van der Waals surface area contributed by atoms with E-state index in [4.69, 9.17) is 9.47 Å². The van der Waals surface area contributed by atoms with E-state index in [0.717, 1.165) is 13.1 Å². The van der Waals surface area contributed by atoms with Crippen LogP contribution in [0.25, 0.3) is 0 Å². The highest BCUT2D eigenvalue weighted by atomic mass is 16.7. The zero-order valence-electron chi connectivity index (χ0n) is 12.5. The van der Waals surface area contributed by atoms with Crippen LogP contribution in [0.15, 0.2) is 18.2 Å². The molecule has 0 aliphatic carbocycles. The summed E-state index contributed by atoms with van der Waals surface area (Å²) in [7, 11) is 2.03. The summed E-state index contributed by atoms with van der Waals surface area (Å²) < 4.78 is 10.4. The second-order valence-corrected chi connectivity index (χ2v) is 5.43. The summed E-state index contributed by atoms with van der Waals surface area (Å²) in [6, 6.07) is 4.97. The third-order valence-electron chi connectivity index (χ3n) is 3.89. The topological polar surface area (TPSA) is 71.1 Å². The number of ether oxygens (including phenoxy) is 2. The molecule has 0 saturated carbocycles. The largest absolute Gasteiger partial charge is 0.454 e. The average Bonchev–Trinajstić information content (AvgIpc) is 3.00. The fourth-order valence-electron chi connectivity index (χ4n) is 2.46. The molecule has 1 N–H and O–H groups in total. The summed E-state index contributed by atoms with van der Waals surface area (Å²) in [5, 5.41) is 2.66. The molecular weight excluding hydrogens is 286 g/mol. The molecule has 1 saturated heterocycles. The number of rotatable bonds is 3. The van der Waals surface area contributed by atoms with E-state index in [0.29, 0.717) is 30.2 Å². The van der Waals surface area contributed by atoms with Crippen molar-refractivity contribution in [3.8, 4) is 11.5 Å². The van der Waals surface area contributed by atoms with Gasteiger partial charge in [0.1, 0.15) is 0 Å². The molecule has 2 aliphatic heterocycles. The maximum atomic E-state index is 12.1. The molecule has 0 unspecified atom stereocenters. The summed E-state index contributed by atoms with van der Waals surface area (Å²) in [5.41, 5.74) is 0.454. The lowest BCUT2D eigenvalue weighted by Gasteiger charge is -2.32. The molecule has 0 aromatic heterocycles. The molecule has 2 amide bonds. The van der Waals surface area contributed by atoms with E-state index in [1.165, 1.54) is 0 Å². The van der Waals surface area contributed by atoms with Crippen LogP contribution < -0.4 is 14.8 Å². The van der Waals surface area contributed by atoms with Gasteiger partial charge in [-0.2, -0.15) is 0 Å². The highest BCUT2D eigenvalue weighted by Crippen LogP contribution is 2.32. The minimum Gasteiger partial charge on any atom is -0.454 e. The fraction of sp³-hybridized carbons (Fsp3) is 0.467. The molecular formula is C15H19N3O4. The van der Waals surface area contributed by atoms with Crippen molar-refractivity contribution in [3.63, 3.8) is 0 Å². The Balaban J connectivity index is 1.53. The van der Waals surface area contributed by atoms with Gasteiger partial charge >= 0.3 is 0 Å². The number of nitrogens with one attached hydrogen (secondary N) is 1. The first-order valence-corrected chi connectivity index (χ1v) is 7.27. The molecule has 0 radical (unpaired) electrons. The Morgan fingerprint density at radius 1 is 1.14 bits per heavy atom. The molecule has 0 atom stereocenters. The number of nitrogens with zero attached hydrogens (tertiary/aromatic N) is 2. The van der Waals surface area contributed by atoms with Crippen LogP contribution in [0.5, 0.6) is 11.5 Å². The normalized spacial score (nSPS) is 17.4. The number of fused-ring (bicyclic) bond motifs is 1. The molecule has 22 heavy (non-hydrogen) atoms. The van der Waals surface area contributed by atoms with Gasteiger partial charge in [0, 0.05) is 31.7 Å². The summed E-state index contributed by atoms with van der Waals surface area (Å²) in [6.07, 6.45) is 0. The summed E-state index contributed by atoms with van der Waals surface area (Å²) in [6.45, 7) is 3.31. The van der Waals surface area contributed by atoms with Crippen LogP contribution in [-0.2, 0) is 4.79 Å². The lowest BCUT2D eigenvalue weighted by atomic mass is 10.2. The average molecular weight is 305 g/mol. The number of hydrogen-bond acceptors (Lipinski definition) is 5. The standard InChI is InChI=1S/C15H19N3O4/c1-17-4-6-18(7-5-17)14(19)9-16-15(20)11-2-3-12-13(8-11)22-10-21-12/h2-3,8H,4-7,9-10H2,1H3,(H,16,20). The molecule has 2 aliphatic rings. The highest BCUT2D eigenvalue weighted by molar-refractivity contribution is 5.97. The van der Waals surface area contributed by atoms with Gasteiger partial charge in [-0.05, 0) is 25.2 Å². The van der Waals surface area contributed by atoms with E-state index in [1.807, 2.05) is 7.05 Å². The number of piperazine rings is 1. The molecule has 1 fully saturated rings. The molecule has 7 heteroatoms. The van der Waals surface area contributed by atoms with Crippen molar-refractivity contribution in [1.82, 2.24) is 15.1 Å². The second-order valence-electron chi connectivity index (χ2n) is 5.43. The Morgan fingerprint density at radius 2 is 1.86 bits per heavy atom. The zero-order valence-corrected chi connectivity index (χ0v) is 12.5. The van der Waals surface area contributed by atoms with Crippen LogP contribution in [0.2, 0.25) is 0 Å². The molecule has 118 valence electrons. The van der Waals surface area contributed by atoms with E-state index in [-0.39, 0.29) is 25.2 Å². The maximum absolute atomic E-state index is 12.1. The van der Waals surface area contributed by atoms with Crippen LogP contribution in [0.3, 0.4) is 0 Å². The number of carbonyl (C=O) groups excluding carboxylic acids is 2. The lowest BCUT2D eigenvalue weighted by Crippen LogP contribution is -2.50. The first-order chi connectivity index (χ1) is 10.6. The highest BCUT2D eigenvalue weighted by Gasteiger charge is 2.20. The second kappa shape index (κ2) is 6.23. The summed E-state index contributed by atoms with van der Waals surface area (Å²) in [4.78, 5) is 28.1. The van der Waals surface area contributed by atoms with Gasteiger partial charge in [0.2, 0.25) is 12.7 Å². The van der Waals surface area contributed by atoms with Crippen molar-refractivity contribution >= 4 is 11.8 Å². The fourth-order valence-corrected chi connectivity index (χ4v) is 2.46. The SMILES string of the molecule is CN1CCN(C(=O)CNC(=O)c2ccc3c(c2)OCO3)CC1. The Hall–Kier alpha value is -2.28. The van der Waals surface area contributed by atoms with Gasteiger partial charge < -0.3 is 24.6 Å². The Morgan fingerprint density at radius 3 is 2.64 bits per heavy atom. The van der Waals surface area contributed by atoms with Crippen molar-refractivity contribution in [3.05, 3.63) is 23.8 Å². The van der Waals surface area contributed by atoms with E-state index < -0.39 is 0 Å². The van der Waals surface area contributed by atoms with Gasteiger partial charge in [-0.15, -0.1) is 0 Å². The molecule has 3 rings (SSSR count). The van der Waals surface area contributed by atoms with Crippen LogP contribution >= 0.6 is 0 Å². The minimum atomic E-state index is -0.291. The Kier molecular flexibility index (Phi) is 4.15. The number of carbonyl (C=O) groups is 2. The van der Waals surface area contributed by atoms with E-state index >= 15 is 0 Å². The van der Waals surface area contributed by atoms with E-state index in [2.05, 4.69) is 10.2 Å². The van der Waals surface area contributed by atoms with Crippen molar-refractivity contribution in [2.75, 3.05) is 46.6 Å². The van der Waals surface area contributed by atoms with Gasteiger partial charge in [-0.1, -0.05) is 0 Å². The predicted octanol–water partition coefficient (Wildman–Crippen LogP) is -0.0809. The molecule has 1 aromatic rings. The first-order valence-electron chi connectivity index (χ1n) is 7.27. The number of hydrogen-bond donors (Lipinski definition) is 1. The zero-order chi connectivity index (χ0) is 15.5. The quantitative estimate of drug-likeness (QED) is 0.846. The maximum Gasteiger partial charge on any atom is 0.251 e. The van der Waals surface area contributed by atoms with Gasteiger partial charge in [-0.3, -0.25) is 9.59 Å². The van der Waals surface area contributed by atoms with Crippen molar-refractivity contribution in [2.45, 2.75) is 0 Å². The van der Waals surface area contributed by atoms with Crippen LogP contribution in [0, 0.1) is 0 Å². The third-order valence-corrected chi connectivity index (χ3v) is 3.89. The van der Waals surface area contributed by atoms with Crippen molar-refractivity contribution in [2.24, 2.45) is 0 Å². The van der Waals surface area contributed by atoms with E-state index in [1.54, 1.807) is 23.1 Å². The molecule has 2 heterocycles. The van der Waals surface area contributed by atoms with Gasteiger partial charge in [0.05, 0.1) is 6.54 Å².